The molecule has 2 aliphatic rings. The number of nitrogens with zero attached hydrogens (tertiary/aromatic N) is 3. The highest BCUT2D eigenvalue weighted by atomic mass is 32.2. The number of ether oxygens (including phenoxy) is 1. The lowest BCUT2D eigenvalue weighted by molar-refractivity contribution is 0.115. The van der Waals surface area contributed by atoms with Gasteiger partial charge in [0, 0.05) is 61.6 Å². The number of piperidine rings is 1. The van der Waals surface area contributed by atoms with E-state index in [1.54, 1.807) is 25.3 Å². The topological polar surface area (TPSA) is 95.2 Å². The second-order valence-electron chi connectivity index (χ2n) is 7.20. The van der Waals surface area contributed by atoms with Crippen molar-refractivity contribution in [2.75, 3.05) is 31.6 Å². The predicted molar refractivity (Wildman–Crippen MR) is 108 cm³/mol. The van der Waals surface area contributed by atoms with Gasteiger partial charge in [-0.1, -0.05) is 0 Å². The van der Waals surface area contributed by atoms with Crippen molar-refractivity contribution in [3.63, 3.8) is 0 Å². The molecule has 4 heterocycles. The van der Waals surface area contributed by atoms with Gasteiger partial charge in [0.25, 0.3) is 5.56 Å². The van der Waals surface area contributed by atoms with Crippen molar-refractivity contribution in [3.05, 3.63) is 28.2 Å². The zero-order valence-corrected chi connectivity index (χ0v) is 16.3. The molecule has 1 unspecified atom stereocenters. The number of aromatic amines is 1. The normalized spacial score (nSPS) is 21.7. The summed E-state index contributed by atoms with van der Waals surface area (Å²) in [4.78, 5) is 23.5. The molecule has 0 bridgehead atoms. The van der Waals surface area contributed by atoms with Crippen LogP contribution in [0, 0.1) is 6.92 Å². The molecule has 0 spiro atoms. The van der Waals surface area contributed by atoms with Crippen LogP contribution in [0.4, 0.5) is 5.95 Å². The van der Waals surface area contributed by atoms with E-state index in [1.165, 1.54) is 6.42 Å². The van der Waals surface area contributed by atoms with Crippen molar-refractivity contribution in [2.45, 2.75) is 44.8 Å². The fraction of sp³-hybridized carbons (Fsp3) is 0.611. The van der Waals surface area contributed by atoms with E-state index in [1.807, 2.05) is 6.07 Å². The summed E-state index contributed by atoms with van der Waals surface area (Å²) in [6.07, 6.45) is 6.53. The van der Waals surface area contributed by atoms with E-state index in [2.05, 4.69) is 29.3 Å². The molecule has 0 amide bonds. The summed E-state index contributed by atoms with van der Waals surface area (Å²) in [5.74, 6) is 0.574. The van der Waals surface area contributed by atoms with Gasteiger partial charge in [-0.3, -0.25) is 4.79 Å². The summed E-state index contributed by atoms with van der Waals surface area (Å²) in [5.41, 5.74) is 1.15. The molecule has 2 aromatic rings. The summed E-state index contributed by atoms with van der Waals surface area (Å²) >= 11 is 1.70. The van der Waals surface area contributed by atoms with Crippen LogP contribution in [-0.2, 0) is 4.74 Å². The highest BCUT2D eigenvalue weighted by molar-refractivity contribution is 7.95. The van der Waals surface area contributed by atoms with Gasteiger partial charge in [-0.25, -0.2) is 14.0 Å². The number of fused-ring (bicyclic) bond motifs is 1. The second kappa shape index (κ2) is 8.55. The Morgan fingerprint density at radius 1 is 1.37 bits per heavy atom. The van der Waals surface area contributed by atoms with Gasteiger partial charge >= 0.3 is 0 Å². The number of anilines is 1. The molecule has 2 aliphatic heterocycles. The van der Waals surface area contributed by atoms with Crippen LogP contribution in [0.3, 0.4) is 0 Å². The first-order valence-electron chi connectivity index (χ1n) is 9.57. The lowest BCUT2D eigenvalue weighted by Gasteiger charge is -2.31. The maximum Gasteiger partial charge on any atom is 0.252 e. The predicted octanol–water partition coefficient (Wildman–Crippen LogP) is 1.83. The zero-order valence-electron chi connectivity index (χ0n) is 15.5. The van der Waals surface area contributed by atoms with Crippen molar-refractivity contribution < 1.29 is 4.74 Å². The first kappa shape index (κ1) is 18.7. The number of pyridine rings is 1. The summed E-state index contributed by atoms with van der Waals surface area (Å²) in [6, 6.07) is 2.16. The van der Waals surface area contributed by atoms with Gasteiger partial charge in [0.15, 0.2) is 0 Å². The van der Waals surface area contributed by atoms with Crippen LogP contribution in [0.25, 0.3) is 11.0 Å². The molecule has 3 N–H and O–H groups in total. The monoisotopic (exact) mass is 390 g/mol. The third-order valence-corrected chi connectivity index (χ3v) is 6.01. The Morgan fingerprint density at radius 2 is 2.22 bits per heavy atom. The van der Waals surface area contributed by atoms with Crippen LogP contribution in [0.1, 0.15) is 31.2 Å². The van der Waals surface area contributed by atoms with E-state index in [0.29, 0.717) is 29.3 Å². The van der Waals surface area contributed by atoms with Crippen molar-refractivity contribution in [2.24, 2.45) is 0 Å². The highest BCUT2D eigenvalue weighted by Gasteiger charge is 2.21. The molecular weight excluding hydrogens is 364 g/mol. The van der Waals surface area contributed by atoms with E-state index in [0.717, 1.165) is 50.9 Å². The van der Waals surface area contributed by atoms with Gasteiger partial charge < -0.3 is 15.0 Å². The minimum Gasteiger partial charge on any atom is -0.377 e. The van der Waals surface area contributed by atoms with Crippen LogP contribution in [0.15, 0.2) is 17.1 Å². The van der Waals surface area contributed by atoms with Crippen LogP contribution in [0.5, 0.6) is 0 Å². The molecule has 9 heteroatoms. The Morgan fingerprint density at radius 3 is 3.00 bits per heavy atom. The molecule has 0 radical (unpaired) electrons. The van der Waals surface area contributed by atoms with E-state index in [4.69, 9.17) is 4.74 Å². The summed E-state index contributed by atoms with van der Waals surface area (Å²) < 4.78 is 11.4. The molecule has 27 heavy (non-hydrogen) atoms. The first-order valence-corrected chi connectivity index (χ1v) is 10.3. The molecule has 4 rings (SSSR count). The Hall–Kier alpha value is -1.68. The van der Waals surface area contributed by atoms with Gasteiger partial charge in [-0.05, 0) is 38.7 Å². The Balaban J connectivity index is 1.25. The minimum atomic E-state index is -0.104. The zero-order chi connectivity index (χ0) is 18.6. The lowest BCUT2D eigenvalue weighted by atomic mass is 10.1. The van der Waals surface area contributed by atoms with Crippen LogP contribution in [-0.4, -0.2) is 57.6 Å². The van der Waals surface area contributed by atoms with Crippen LogP contribution in [0.2, 0.25) is 0 Å². The summed E-state index contributed by atoms with van der Waals surface area (Å²) in [6.45, 7) is 5.60. The smallest absolute Gasteiger partial charge is 0.252 e. The first-order chi connectivity index (χ1) is 13.2. The Labute approximate surface area is 162 Å². The van der Waals surface area contributed by atoms with Crippen molar-refractivity contribution in [3.8, 4) is 0 Å². The molecule has 2 aromatic heterocycles. The van der Waals surface area contributed by atoms with Gasteiger partial charge in [0.2, 0.25) is 5.95 Å². The number of hydrogen-bond donors (Lipinski definition) is 3. The molecule has 2 saturated heterocycles. The molecule has 2 fully saturated rings. The van der Waals surface area contributed by atoms with Crippen LogP contribution >= 0.6 is 12.1 Å². The average Bonchev–Trinajstić information content (AvgIpc) is 3.18. The number of nitrogens with one attached hydrogen (secondary N) is 3. The SMILES string of the molecule is Cc1cc2cnc(NC3CCN(SNCC4CCCO4)CC3)nc2[nH]c1=O. The molecule has 1 atom stereocenters. The number of aromatic nitrogens is 3. The van der Waals surface area contributed by atoms with E-state index in [-0.39, 0.29) is 5.56 Å². The molecule has 0 saturated carbocycles. The van der Waals surface area contributed by atoms with Gasteiger partial charge in [0.05, 0.1) is 6.10 Å². The molecule has 0 aromatic carbocycles. The average molecular weight is 391 g/mol. The molecule has 8 nitrogen and oxygen atoms in total. The van der Waals surface area contributed by atoms with Gasteiger partial charge in [-0.15, -0.1) is 0 Å². The van der Waals surface area contributed by atoms with Gasteiger partial charge in [-0.2, -0.15) is 4.98 Å². The van der Waals surface area contributed by atoms with Crippen LogP contribution < -0.4 is 15.6 Å². The molecule has 0 aliphatic carbocycles. The maximum absolute atomic E-state index is 11.8. The summed E-state index contributed by atoms with van der Waals surface area (Å²) in [7, 11) is 0. The Bertz CT molecular complexity index is 830. The fourth-order valence-corrected chi connectivity index (χ4v) is 4.31. The molecular formula is C18H26N6O2S. The van der Waals surface area contributed by atoms with Crippen molar-refractivity contribution >= 4 is 29.1 Å². The van der Waals surface area contributed by atoms with E-state index < -0.39 is 0 Å². The van der Waals surface area contributed by atoms with Crippen molar-refractivity contribution in [1.29, 1.82) is 0 Å². The maximum atomic E-state index is 11.8. The second-order valence-corrected chi connectivity index (χ2v) is 8.19. The fourth-order valence-electron chi connectivity index (χ4n) is 3.47. The molecule has 146 valence electrons. The Kier molecular flexibility index (Phi) is 5.92. The summed E-state index contributed by atoms with van der Waals surface area (Å²) in [5, 5.41) is 4.26. The van der Waals surface area contributed by atoms with E-state index in [9.17, 15) is 4.79 Å². The third-order valence-electron chi connectivity index (χ3n) is 5.09. The number of aryl methyl sites for hydroxylation is 1. The quantitative estimate of drug-likeness (QED) is 0.643. The number of rotatable bonds is 6. The lowest BCUT2D eigenvalue weighted by Crippen LogP contribution is -2.38. The number of hydrogen-bond acceptors (Lipinski definition) is 8. The number of H-pyrrole nitrogens is 1. The third kappa shape index (κ3) is 4.78. The largest absolute Gasteiger partial charge is 0.377 e. The van der Waals surface area contributed by atoms with Gasteiger partial charge in [0.1, 0.15) is 5.65 Å². The minimum absolute atomic E-state index is 0.104. The highest BCUT2D eigenvalue weighted by Crippen LogP contribution is 2.20. The van der Waals surface area contributed by atoms with E-state index >= 15 is 0 Å². The van der Waals surface area contributed by atoms with Crippen molar-refractivity contribution in [1.82, 2.24) is 24.0 Å². The standard InChI is InChI=1S/C18H26N6O2S/c1-12-9-13-10-19-18(23-16(13)22-17(12)25)21-14-4-6-24(7-5-14)27-20-11-15-3-2-8-26-15/h9-10,14-15,20H,2-8,11H2,1H3,(H2,19,21,22,23,25).